The Labute approximate surface area is 127 Å². The number of anilines is 1. The maximum Gasteiger partial charge on any atom is 0.0951 e. The van der Waals surface area contributed by atoms with Crippen LogP contribution in [0.1, 0.15) is 5.56 Å². The van der Waals surface area contributed by atoms with Gasteiger partial charge in [-0.05, 0) is 18.2 Å². The molecule has 4 heteroatoms. The van der Waals surface area contributed by atoms with Crippen molar-refractivity contribution in [1.29, 1.82) is 0 Å². The molecule has 0 amide bonds. The van der Waals surface area contributed by atoms with Gasteiger partial charge >= 0.3 is 0 Å². The van der Waals surface area contributed by atoms with E-state index in [4.69, 9.17) is 0 Å². The van der Waals surface area contributed by atoms with Crippen molar-refractivity contribution in [3.8, 4) is 0 Å². The van der Waals surface area contributed by atoms with Crippen molar-refractivity contribution in [2.75, 3.05) is 5.43 Å². The molecule has 2 heterocycles. The van der Waals surface area contributed by atoms with Crippen molar-refractivity contribution in [2.24, 2.45) is 5.10 Å². The highest BCUT2D eigenvalue weighted by Gasteiger charge is 2.01. The first-order valence-corrected chi connectivity index (χ1v) is 7.11. The third kappa shape index (κ3) is 2.20. The molecule has 4 rings (SSSR count). The smallest absolute Gasteiger partial charge is 0.0951 e. The van der Waals surface area contributed by atoms with E-state index in [9.17, 15) is 0 Å². The number of pyridine rings is 1. The first-order valence-electron chi connectivity index (χ1n) is 7.11. The van der Waals surface area contributed by atoms with E-state index in [0.29, 0.717) is 0 Å². The number of H-pyrrole nitrogens is 1. The van der Waals surface area contributed by atoms with Crippen LogP contribution in [0.3, 0.4) is 0 Å². The number of benzene rings is 2. The molecule has 0 atom stereocenters. The molecular formula is C18H14N4. The second-order valence-electron chi connectivity index (χ2n) is 5.04. The molecule has 0 unspecified atom stereocenters. The Balaban J connectivity index is 1.64. The van der Waals surface area contributed by atoms with Crippen LogP contribution >= 0.6 is 0 Å². The van der Waals surface area contributed by atoms with Gasteiger partial charge < -0.3 is 4.98 Å². The molecule has 0 saturated heterocycles. The third-order valence-electron chi connectivity index (χ3n) is 3.64. The topological polar surface area (TPSA) is 53.1 Å². The Morgan fingerprint density at radius 1 is 1.00 bits per heavy atom. The van der Waals surface area contributed by atoms with Gasteiger partial charge in [0.2, 0.25) is 0 Å². The third-order valence-corrected chi connectivity index (χ3v) is 3.64. The lowest BCUT2D eigenvalue weighted by molar-refractivity contribution is 1.33. The first-order chi connectivity index (χ1) is 10.9. The van der Waals surface area contributed by atoms with Crippen LogP contribution in [0.25, 0.3) is 21.8 Å². The number of hydrogen-bond donors (Lipinski definition) is 2. The van der Waals surface area contributed by atoms with Crippen LogP contribution in [0.15, 0.2) is 72.1 Å². The highest BCUT2D eigenvalue weighted by Crippen LogP contribution is 2.21. The molecule has 0 spiro atoms. The van der Waals surface area contributed by atoms with Gasteiger partial charge in [-0.15, -0.1) is 0 Å². The molecule has 2 aromatic carbocycles. The van der Waals surface area contributed by atoms with Crippen LogP contribution in [-0.2, 0) is 0 Å². The number of rotatable bonds is 3. The van der Waals surface area contributed by atoms with Crippen LogP contribution in [0.2, 0.25) is 0 Å². The van der Waals surface area contributed by atoms with E-state index in [1.54, 1.807) is 6.20 Å². The summed E-state index contributed by atoms with van der Waals surface area (Å²) in [6.45, 7) is 0. The molecule has 2 aromatic heterocycles. The molecule has 22 heavy (non-hydrogen) atoms. The highest BCUT2D eigenvalue weighted by atomic mass is 15.3. The Morgan fingerprint density at radius 2 is 1.91 bits per heavy atom. The quantitative estimate of drug-likeness (QED) is 0.439. The minimum atomic E-state index is 0.897. The summed E-state index contributed by atoms with van der Waals surface area (Å²) in [7, 11) is 0. The lowest BCUT2D eigenvalue weighted by atomic mass is 10.2. The van der Waals surface area contributed by atoms with Gasteiger partial charge in [-0.3, -0.25) is 10.4 Å². The summed E-state index contributed by atoms with van der Waals surface area (Å²) in [5, 5.41) is 6.60. The van der Waals surface area contributed by atoms with Crippen LogP contribution < -0.4 is 5.43 Å². The molecular weight excluding hydrogens is 272 g/mol. The van der Waals surface area contributed by atoms with Crippen LogP contribution in [-0.4, -0.2) is 16.2 Å². The number of hydrazone groups is 1. The molecule has 4 nitrogen and oxygen atoms in total. The number of para-hydroxylation sites is 2. The summed E-state index contributed by atoms with van der Waals surface area (Å²) in [4.78, 5) is 7.64. The van der Waals surface area contributed by atoms with Crippen LogP contribution in [0.5, 0.6) is 0 Å². The Hall–Kier alpha value is -3.14. The minimum absolute atomic E-state index is 0.897. The molecule has 0 bridgehead atoms. The maximum absolute atomic E-state index is 4.40. The van der Waals surface area contributed by atoms with Crippen LogP contribution in [0.4, 0.5) is 5.69 Å². The van der Waals surface area contributed by atoms with Gasteiger partial charge in [0.25, 0.3) is 0 Å². The van der Waals surface area contributed by atoms with Gasteiger partial charge in [-0.2, -0.15) is 5.10 Å². The fraction of sp³-hybridized carbons (Fsp3) is 0. The summed E-state index contributed by atoms with van der Waals surface area (Å²) in [6.07, 6.45) is 5.56. The molecule has 106 valence electrons. The van der Waals surface area contributed by atoms with Gasteiger partial charge in [-0.25, -0.2) is 0 Å². The minimum Gasteiger partial charge on any atom is -0.361 e. The predicted molar refractivity (Wildman–Crippen MR) is 91.3 cm³/mol. The largest absolute Gasteiger partial charge is 0.361 e. The van der Waals surface area contributed by atoms with Crippen molar-refractivity contribution < 1.29 is 0 Å². The molecule has 0 aliphatic heterocycles. The number of nitrogens with zero attached hydrogens (tertiary/aromatic N) is 2. The molecule has 0 saturated carbocycles. The average molecular weight is 286 g/mol. The number of fused-ring (bicyclic) bond motifs is 2. The van der Waals surface area contributed by atoms with Gasteiger partial charge in [0.05, 0.1) is 17.4 Å². The molecule has 0 radical (unpaired) electrons. The predicted octanol–water partition coefficient (Wildman–Crippen LogP) is 4.16. The lowest BCUT2D eigenvalue weighted by Gasteiger charge is -2.03. The zero-order chi connectivity index (χ0) is 14.8. The number of aromatic nitrogens is 2. The summed E-state index contributed by atoms with van der Waals surface area (Å²) in [5.41, 5.74) is 7.06. The van der Waals surface area contributed by atoms with Gasteiger partial charge in [-0.1, -0.05) is 36.4 Å². The Morgan fingerprint density at radius 3 is 2.91 bits per heavy atom. The summed E-state index contributed by atoms with van der Waals surface area (Å²) in [6, 6.07) is 18.1. The van der Waals surface area contributed by atoms with Gasteiger partial charge in [0, 0.05) is 34.2 Å². The average Bonchev–Trinajstić information content (AvgIpc) is 2.99. The van der Waals surface area contributed by atoms with Gasteiger partial charge in [0.1, 0.15) is 0 Å². The van der Waals surface area contributed by atoms with Crippen molar-refractivity contribution in [3.63, 3.8) is 0 Å². The first kappa shape index (κ1) is 12.6. The second-order valence-corrected chi connectivity index (χ2v) is 5.04. The van der Waals surface area contributed by atoms with E-state index in [2.05, 4.69) is 32.6 Å². The highest BCUT2D eigenvalue weighted by molar-refractivity contribution is 5.99. The van der Waals surface area contributed by atoms with Crippen LogP contribution in [0, 0.1) is 0 Å². The molecule has 0 aliphatic carbocycles. The van der Waals surface area contributed by atoms with E-state index < -0.39 is 0 Å². The van der Waals surface area contributed by atoms with E-state index in [1.165, 1.54) is 0 Å². The Kier molecular flexibility index (Phi) is 3.05. The second kappa shape index (κ2) is 5.33. The maximum atomic E-state index is 4.40. The Bertz CT molecular complexity index is 964. The van der Waals surface area contributed by atoms with Crippen molar-refractivity contribution in [1.82, 2.24) is 9.97 Å². The van der Waals surface area contributed by atoms with Crippen molar-refractivity contribution in [2.45, 2.75) is 0 Å². The summed E-state index contributed by atoms with van der Waals surface area (Å²) in [5.74, 6) is 0. The fourth-order valence-corrected chi connectivity index (χ4v) is 2.57. The number of hydrogen-bond acceptors (Lipinski definition) is 3. The van der Waals surface area contributed by atoms with Crippen molar-refractivity contribution >= 4 is 33.7 Å². The van der Waals surface area contributed by atoms with E-state index in [1.807, 2.05) is 54.9 Å². The number of aromatic amines is 1. The SMILES string of the molecule is C(=N/Nc1cccc2cccnc12)/c1c[nH]c2ccccc12. The zero-order valence-electron chi connectivity index (χ0n) is 11.8. The number of nitrogens with one attached hydrogen (secondary N) is 2. The summed E-state index contributed by atoms with van der Waals surface area (Å²) >= 11 is 0. The normalized spacial score (nSPS) is 11.5. The van der Waals surface area contributed by atoms with E-state index in [0.717, 1.165) is 33.1 Å². The molecule has 4 aromatic rings. The summed E-state index contributed by atoms with van der Waals surface area (Å²) < 4.78 is 0. The van der Waals surface area contributed by atoms with Gasteiger partial charge in [0.15, 0.2) is 0 Å². The lowest BCUT2D eigenvalue weighted by Crippen LogP contribution is -1.92. The van der Waals surface area contributed by atoms with E-state index in [-0.39, 0.29) is 0 Å². The van der Waals surface area contributed by atoms with Crippen molar-refractivity contribution in [3.05, 3.63) is 72.6 Å². The fourth-order valence-electron chi connectivity index (χ4n) is 2.57. The molecule has 0 aliphatic rings. The molecule has 0 fully saturated rings. The zero-order valence-corrected chi connectivity index (χ0v) is 11.8. The molecule has 2 N–H and O–H groups in total. The van der Waals surface area contributed by atoms with E-state index >= 15 is 0 Å². The monoisotopic (exact) mass is 286 g/mol. The standard InChI is InChI=1S/C18H14N4/c1-2-8-16-15(7-1)14(11-20-16)12-21-22-17-9-3-5-13-6-4-10-19-18(13)17/h1-12,20,22H/b21-12-.